The Kier molecular flexibility index (Phi) is 8.40. The van der Waals surface area contributed by atoms with Crippen LogP contribution in [0.5, 0.6) is 11.5 Å². The van der Waals surface area contributed by atoms with Crippen LogP contribution in [0.3, 0.4) is 0 Å². The Morgan fingerprint density at radius 2 is 1.96 bits per heavy atom. The average Bonchev–Trinajstić information content (AvgIpc) is 3.34. The Morgan fingerprint density at radius 1 is 1.25 bits per heavy atom. The quantitative estimate of drug-likeness (QED) is 0.376. The fourth-order valence-electron chi connectivity index (χ4n) is 3.49. The lowest BCUT2D eigenvalue weighted by Gasteiger charge is -2.22. The molecule has 1 fully saturated rings. The minimum Gasteiger partial charge on any atom is -0.497 e. The van der Waals surface area contributed by atoms with Crippen LogP contribution in [0.4, 0.5) is 0 Å². The summed E-state index contributed by atoms with van der Waals surface area (Å²) in [4.78, 5) is 6.76. The van der Waals surface area contributed by atoms with Gasteiger partial charge in [-0.05, 0) is 36.6 Å². The van der Waals surface area contributed by atoms with Crippen LogP contribution in [0.15, 0.2) is 35.6 Å². The number of hydrogen-bond acceptors (Lipinski definition) is 4. The highest BCUT2D eigenvalue weighted by Crippen LogP contribution is 2.32. The van der Waals surface area contributed by atoms with Crippen LogP contribution < -0.4 is 14.8 Å². The third kappa shape index (κ3) is 5.52. The van der Waals surface area contributed by atoms with Crippen LogP contribution in [-0.4, -0.2) is 61.5 Å². The first-order valence-corrected chi connectivity index (χ1v) is 9.30. The number of guanidine groups is 1. The molecule has 0 aliphatic carbocycles. The van der Waals surface area contributed by atoms with E-state index in [9.17, 15) is 0 Å². The van der Waals surface area contributed by atoms with Crippen molar-refractivity contribution in [1.29, 1.82) is 0 Å². The first-order chi connectivity index (χ1) is 13.1. The van der Waals surface area contributed by atoms with Gasteiger partial charge in [0.1, 0.15) is 11.5 Å². The van der Waals surface area contributed by atoms with Gasteiger partial charge in [-0.15, -0.1) is 24.0 Å². The molecule has 0 amide bonds. The number of aliphatic imine (C=N–C) groups is 1. The van der Waals surface area contributed by atoms with Crippen LogP contribution in [0.2, 0.25) is 0 Å². The second-order valence-corrected chi connectivity index (χ2v) is 6.83. The predicted molar refractivity (Wildman–Crippen MR) is 122 cm³/mol. The zero-order valence-electron chi connectivity index (χ0n) is 17.0. The first-order valence-electron chi connectivity index (χ1n) is 9.30. The van der Waals surface area contributed by atoms with Gasteiger partial charge in [-0.1, -0.05) is 0 Å². The van der Waals surface area contributed by atoms with Gasteiger partial charge in [0.05, 0.1) is 27.0 Å². The first kappa shape index (κ1) is 22.3. The summed E-state index contributed by atoms with van der Waals surface area (Å²) in [5.41, 5.74) is 2.42. The molecule has 1 aromatic heterocycles. The fraction of sp³-hybridized carbons (Fsp3) is 0.500. The summed E-state index contributed by atoms with van der Waals surface area (Å²) >= 11 is 0. The van der Waals surface area contributed by atoms with E-state index in [2.05, 4.69) is 32.4 Å². The van der Waals surface area contributed by atoms with Gasteiger partial charge in [-0.3, -0.25) is 9.67 Å². The van der Waals surface area contributed by atoms with Crippen molar-refractivity contribution < 1.29 is 9.47 Å². The zero-order valence-corrected chi connectivity index (χ0v) is 19.3. The summed E-state index contributed by atoms with van der Waals surface area (Å²) < 4.78 is 12.8. The Labute approximate surface area is 184 Å². The number of hydrogen-bond donors (Lipinski definition) is 1. The van der Waals surface area contributed by atoms with Gasteiger partial charge in [0, 0.05) is 44.9 Å². The molecule has 1 unspecified atom stereocenters. The monoisotopic (exact) mass is 499 g/mol. The Morgan fingerprint density at radius 3 is 2.54 bits per heavy atom. The van der Waals surface area contributed by atoms with E-state index in [1.807, 2.05) is 37.1 Å². The number of benzene rings is 1. The number of ether oxygens (including phenoxy) is 2. The van der Waals surface area contributed by atoms with Crippen LogP contribution >= 0.6 is 24.0 Å². The van der Waals surface area contributed by atoms with Gasteiger partial charge in [0.25, 0.3) is 0 Å². The van der Waals surface area contributed by atoms with E-state index in [1.165, 1.54) is 11.1 Å². The average molecular weight is 499 g/mol. The number of halogens is 1. The second kappa shape index (κ2) is 10.5. The molecule has 0 spiro atoms. The smallest absolute Gasteiger partial charge is 0.193 e. The van der Waals surface area contributed by atoms with E-state index < -0.39 is 0 Å². The van der Waals surface area contributed by atoms with E-state index in [4.69, 9.17) is 9.47 Å². The molecule has 3 rings (SSSR count). The van der Waals surface area contributed by atoms with Crippen LogP contribution in [0, 0.1) is 6.92 Å². The lowest BCUT2D eigenvalue weighted by Crippen LogP contribution is -2.41. The van der Waals surface area contributed by atoms with Crippen molar-refractivity contribution in [3.63, 3.8) is 0 Å². The van der Waals surface area contributed by atoms with Crippen LogP contribution in [-0.2, 0) is 6.54 Å². The van der Waals surface area contributed by atoms with Crippen molar-refractivity contribution in [3.8, 4) is 11.5 Å². The highest BCUT2D eigenvalue weighted by atomic mass is 127. The molecule has 1 aliphatic rings. The minimum atomic E-state index is 0. The molecule has 1 saturated heterocycles. The SMILES string of the molecule is CN=C(NCCn1cc(C)cn1)N1CCC(c2cc(OC)cc(OC)c2)C1.I. The lowest BCUT2D eigenvalue weighted by molar-refractivity contribution is 0.392. The van der Waals surface area contributed by atoms with Crippen LogP contribution in [0.25, 0.3) is 0 Å². The fourth-order valence-corrected chi connectivity index (χ4v) is 3.49. The van der Waals surface area contributed by atoms with E-state index in [0.29, 0.717) is 5.92 Å². The third-order valence-electron chi connectivity index (χ3n) is 4.93. The van der Waals surface area contributed by atoms with Gasteiger partial charge in [-0.2, -0.15) is 5.10 Å². The van der Waals surface area contributed by atoms with Gasteiger partial charge in [-0.25, -0.2) is 0 Å². The molecular formula is C20H30IN5O2. The van der Waals surface area contributed by atoms with Gasteiger partial charge in [0.2, 0.25) is 0 Å². The molecule has 1 atom stereocenters. The normalized spacial score (nSPS) is 16.6. The number of methoxy groups -OCH3 is 2. The maximum atomic E-state index is 5.41. The Bertz CT molecular complexity index is 770. The molecule has 7 nitrogen and oxygen atoms in total. The Balaban J connectivity index is 0.00000280. The lowest BCUT2D eigenvalue weighted by atomic mass is 9.98. The number of rotatable bonds is 6. The number of likely N-dealkylation sites (tertiary alicyclic amines) is 1. The molecule has 0 bridgehead atoms. The van der Waals surface area contributed by atoms with E-state index >= 15 is 0 Å². The molecule has 154 valence electrons. The topological polar surface area (TPSA) is 63.9 Å². The number of nitrogens with zero attached hydrogens (tertiary/aromatic N) is 4. The summed E-state index contributed by atoms with van der Waals surface area (Å²) in [7, 11) is 5.21. The molecule has 0 saturated carbocycles. The standard InChI is InChI=1S/C20H29N5O2.HI/c1-15-12-23-25(13-15)8-6-22-20(21-2)24-7-5-16(14-24)17-9-18(26-3)11-19(10-17)27-4;/h9-13,16H,5-8,14H2,1-4H3,(H,21,22);1H. The molecule has 1 aromatic carbocycles. The summed E-state index contributed by atoms with van der Waals surface area (Å²) in [6.07, 6.45) is 5.00. The van der Waals surface area contributed by atoms with Gasteiger partial charge in [0.15, 0.2) is 5.96 Å². The summed E-state index contributed by atoms with van der Waals surface area (Å²) in [6, 6.07) is 6.12. The molecule has 0 radical (unpaired) electrons. The van der Waals surface area contributed by atoms with Crippen molar-refractivity contribution in [2.45, 2.75) is 25.8 Å². The Hall–Kier alpha value is -1.97. The molecule has 1 aliphatic heterocycles. The van der Waals surface area contributed by atoms with Crippen LogP contribution in [0.1, 0.15) is 23.5 Å². The van der Waals surface area contributed by atoms with E-state index in [-0.39, 0.29) is 24.0 Å². The number of nitrogens with one attached hydrogen (secondary N) is 1. The number of aromatic nitrogens is 2. The van der Waals surface area contributed by atoms with Crippen molar-refractivity contribution in [3.05, 3.63) is 41.7 Å². The van der Waals surface area contributed by atoms with E-state index in [0.717, 1.165) is 50.1 Å². The summed E-state index contributed by atoms with van der Waals surface area (Å²) in [6.45, 7) is 5.56. The molecule has 2 heterocycles. The maximum absolute atomic E-state index is 5.41. The molecule has 1 N–H and O–H groups in total. The third-order valence-corrected chi connectivity index (χ3v) is 4.93. The largest absolute Gasteiger partial charge is 0.497 e. The predicted octanol–water partition coefficient (Wildman–Crippen LogP) is 2.89. The van der Waals surface area contributed by atoms with Gasteiger partial charge >= 0.3 is 0 Å². The number of aryl methyl sites for hydroxylation is 1. The minimum absolute atomic E-state index is 0. The van der Waals surface area contributed by atoms with E-state index in [1.54, 1.807) is 14.2 Å². The summed E-state index contributed by atoms with van der Waals surface area (Å²) in [5, 5.41) is 7.77. The molecule has 2 aromatic rings. The van der Waals surface area contributed by atoms with Gasteiger partial charge < -0.3 is 19.7 Å². The van der Waals surface area contributed by atoms with Crippen molar-refractivity contribution >= 4 is 29.9 Å². The molecule has 8 heteroatoms. The molecule has 28 heavy (non-hydrogen) atoms. The second-order valence-electron chi connectivity index (χ2n) is 6.83. The zero-order chi connectivity index (χ0) is 19.2. The van der Waals surface area contributed by atoms with Crippen molar-refractivity contribution in [1.82, 2.24) is 20.0 Å². The van der Waals surface area contributed by atoms with Crippen molar-refractivity contribution in [2.24, 2.45) is 4.99 Å². The molecular weight excluding hydrogens is 469 g/mol. The highest BCUT2D eigenvalue weighted by molar-refractivity contribution is 14.0. The van der Waals surface area contributed by atoms with Crippen molar-refractivity contribution in [2.75, 3.05) is 40.9 Å². The summed E-state index contributed by atoms with van der Waals surface area (Å²) in [5.74, 6) is 3.04. The highest BCUT2D eigenvalue weighted by Gasteiger charge is 2.26. The maximum Gasteiger partial charge on any atom is 0.193 e.